The van der Waals surface area contributed by atoms with Crippen LogP contribution >= 0.6 is 22.6 Å². The van der Waals surface area contributed by atoms with E-state index in [1.165, 1.54) is 14.0 Å². The van der Waals surface area contributed by atoms with Gasteiger partial charge < -0.3 is 19.9 Å². The van der Waals surface area contributed by atoms with Crippen LogP contribution in [0.1, 0.15) is 18.9 Å². The second-order valence-electron chi connectivity index (χ2n) is 7.07. The van der Waals surface area contributed by atoms with E-state index in [2.05, 4.69) is 27.9 Å². The van der Waals surface area contributed by atoms with E-state index in [9.17, 15) is 19.5 Å². The molecular weight excluding hydrogens is 465 g/mol. The molecule has 27 heavy (non-hydrogen) atoms. The normalized spacial score (nSPS) is 34.7. The summed E-state index contributed by atoms with van der Waals surface area (Å²) >= 11 is 2.16. The Morgan fingerprint density at radius 1 is 1.41 bits per heavy atom. The molecule has 0 radical (unpaired) electrons. The van der Waals surface area contributed by atoms with Crippen LogP contribution in [0, 0.1) is 20.8 Å². The molecule has 1 heterocycles. The summed E-state index contributed by atoms with van der Waals surface area (Å²) in [5, 5.41) is 13.3. The van der Waals surface area contributed by atoms with Crippen LogP contribution < -0.4 is 5.32 Å². The molecule has 1 aromatic carbocycles. The molecule has 3 aliphatic rings. The fraction of sp³-hybridized carbons (Fsp3) is 0.421. The van der Waals surface area contributed by atoms with Gasteiger partial charge in [-0.15, -0.1) is 0 Å². The number of carbonyl (C=O) groups excluding carboxylic acids is 3. The van der Waals surface area contributed by atoms with Crippen molar-refractivity contribution in [1.29, 1.82) is 0 Å². The number of hydrogen-bond acceptors (Lipinski definition) is 6. The number of anilines is 1. The number of aliphatic hydroxyl groups is 1. The molecule has 0 spiro atoms. The standard InChI is InChI=1S/C19H18INO6/c1-8(22)27-14-7-13(23)16-10(19(14,16)18(25)26-2)6-9-15-11(20)4-3-5-12(15)21-17(9)24/h3-6,10,13-14,16,23H,7H2,1-2H3,(H,21,24)/b9-6-/t10-,13?,14-,16+,19+/m1/s1. The number of methoxy groups -OCH3 is 1. The number of halogens is 1. The van der Waals surface area contributed by atoms with Gasteiger partial charge in [0.15, 0.2) is 0 Å². The largest absolute Gasteiger partial charge is 0.468 e. The van der Waals surface area contributed by atoms with Gasteiger partial charge in [0.2, 0.25) is 0 Å². The molecule has 0 saturated heterocycles. The van der Waals surface area contributed by atoms with Crippen molar-refractivity contribution in [3.63, 3.8) is 0 Å². The fourth-order valence-electron chi connectivity index (χ4n) is 4.72. The summed E-state index contributed by atoms with van der Waals surface area (Å²) in [5.74, 6) is -2.19. The second kappa shape index (κ2) is 6.30. The Balaban J connectivity index is 1.77. The lowest BCUT2D eigenvalue weighted by Gasteiger charge is -2.22. The third-order valence-electron chi connectivity index (χ3n) is 5.75. The molecule has 7 nitrogen and oxygen atoms in total. The maximum absolute atomic E-state index is 12.6. The predicted molar refractivity (Wildman–Crippen MR) is 103 cm³/mol. The number of allylic oxidation sites excluding steroid dienone is 1. The van der Waals surface area contributed by atoms with Crippen molar-refractivity contribution in [2.45, 2.75) is 25.6 Å². The zero-order chi connectivity index (χ0) is 19.5. The summed E-state index contributed by atoms with van der Waals surface area (Å²) in [6.07, 6.45) is 0.320. The number of carbonyl (C=O) groups is 3. The van der Waals surface area contributed by atoms with E-state index >= 15 is 0 Å². The number of benzene rings is 1. The number of nitrogens with one attached hydrogen (secondary N) is 1. The SMILES string of the molecule is COC(=O)[C@]12[C@H](/C=C3\C(=O)Nc4cccc(I)c43)[C@H]1C(O)C[C@H]2OC(C)=O. The first-order valence-electron chi connectivity index (χ1n) is 8.58. The average Bonchev–Trinajstić information content (AvgIpc) is 3.03. The van der Waals surface area contributed by atoms with Crippen LogP contribution in [0.4, 0.5) is 5.69 Å². The first-order valence-corrected chi connectivity index (χ1v) is 9.66. The Labute approximate surface area is 169 Å². The van der Waals surface area contributed by atoms with E-state index in [1.54, 1.807) is 6.08 Å². The first-order chi connectivity index (χ1) is 12.8. The highest BCUT2D eigenvalue weighted by Crippen LogP contribution is 2.70. The van der Waals surface area contributed by atoms with Gasteiger partial charge in [0.1, 0.15) is 11.5 Å². The second-order valence-corrected chi connectivity index (χ2v) is 8.24. The number of rotatable bonds is 3. The van der Waals surface area contributed by atoms with Crippen LogP contribution in [-0.2, 0) is 23.9 Å². The van der Waals surface area contributed by atoms with Gasteiger partial charge in [-0.3, -0.25) is 14.4 Å². The summed E-state index contributed by atoms with van der Waals surface area (Å²) in [6.45, 7) is 1.27. The van der Waals surface area contributed by atoms with Gasteiger partial charge >= 0.3 is 11.9 Å². The molecule has 2 aliphatic carbocycles. The van der Waals surface area contributed by atoms with Crippen molar-refractivity contribution in [3.05, 3.63) is 33.4 Å². The molecule has 2 fully saturated rings. The highest BCUT2D eigenvalue weighted by atomic mass is 127. The van der Waals surface area contributed by atoms with Crippen molar-refractivity contribution in [2.24, 2.45) is 17.3 Å². The van der Waals surface area contributed by atoms with E-state index in [0.29, 0.717) is 11.3 Å². The van der Waals surface area contributed by atoms with E-state index in [1.807, 2.05) is 18.2 Å². The molecule has 142 valence electrons. The van der Waals surface area contributed by atoms with Crippen LogP contribution in [0.5, 0.6) is 0 Å². The maximum Gasteiger partial charge on any atom is 0.316 e. The van der Waals surface area contributed by atoms with E-state index in [0.717, 1.165) is 9.13 Å². The molecule has 1 unspecified atom stereocenters. The van der Waals surface area contributed by atoms with Crippen molar-refractivity contribution in [3.8, 4) is 0 Å². The van der Waals surface area contributed by atoms with Crippen LogP contribution in [0.3, 0.4) is 0 Å². The monoisotopic (exact) mass is 483 g/mol. The topological polar surface area (TPSA) is 102 Å². The third-order valence-corrected chi connectivity index (χ3v) is 6.65. The molecular formula is C19H18INO6. The maximum atomic E-state index is 12.6. The fourth-order valence-corrected chi connectivity index (χ4v) is 5.51. The van der Waals surface area contributed by atoms with Crippen LogP contribution in [-0.4, -0.2) is 42.3 Å². The highest BCUT2D eigenvalue weighted by Gasteiger charge is 2.80. The van der Waals surface area contributed by atoms with Gasteiger partial charge in [0.05, 0.1) is 18.9 Å². The zero-order valence-corrected chi connectivity index (χ0v) is 16.8. The van der Waals surface area contributed by atoms with Crippen LogP contribution in [0.2, 0.25) is 0 Å². The molecule has 1 amide bonds. The molecule has 4 rings (SSSR count). The minimum absolute atomic E-state index is 0.180. The molecule has 2 N–H and O–H groups in total. The van der Waals surface area contributed by atoms with Gasteiger partial charge in [-0.05, 0) is 34.7 Å². The summed E-state index contributed by atoms with van der Waals surface area (Å²) < 4.78 is 11.2. The summed E-state index contributed by atoms with van der Waals surface area (Å²) in [4.78, 5) is 36.6. The van der Waals surface area contributed by atoms with Crippen molar-refractivity contribution < 1.29 is 29.0 Å². The molecule has 8 heteroatoms. The van der Waals surface area contributed by atoms with Crippen molar-refractivity contribution in [2.75, 3.05) is 12.4 Å². The van der Waals surface area contributed by atoms with Gasteiger partial charge in [-0.2, -0.15) is 0 Å². The van der Waals surface area contributed by atoms with Gasteiger partial charge in [0, 0.05) is 39.9 Å². The Bertz CT molecular complexity index is 896. The van der Waals surface area contributed by atoms with Gasteiger partial charge in [-0.25, -0.2) is 0 Å². The number of hydrogen-bond donors (Lipinski definition) is 2. The first kappa shape index (κ1) is 18.4. The molecule has 1 aliphatic heterocycles. The summed E-state index contributed by atoms with van der Waals surface area (Å²) in [6, 6.07) is 5.57. The molecule has 2 saturated carbocycles. The lowest BCUT2D eigenvalue weighted by atomic mass is 9.93. The Morgan fingerprint density at radius 2 is 2.15 bits per heavy atom. The minimum atomic E-state index is -1.14. The Hall–Kier alpha value is -1.94. The lowest BCUT2D eigenvalue weighted by Crippen LogP contribution is -2.35. The van der Waals surface area contributed by atoms with E-state index in [-0.39, 0.29) is 12.3 Å². The molecule has 0 bridgehead atoms. The lowest BCUT2D eigenvalue weighted by molar-refractivity contribution is -0.161. The van der Waals surface area contributed by atoms with Crippen molar-refractivity contribution in [1.82, 2.24) is 0 Å². The van der Waals surface area contributed by atoms with E-state index in [4.69, 9.17) is 9.47 Å². The number of fused-ring (bicyclic) bond motifs is 2. The zero-order valence-electron chi connectivity index (χ0n) is 14.7. The van der Waals surface area contributed by atoms with Crippen molar-refractivity contribution >= 4 is 51.7 Å². The quantitative estimate of drug-likeness (QED) is 0.386. The summed E-state index contributed by atoms with van der Waals surface area (Å²) in [5.41, 5.74) is 0.821. The molecule has 5 atom stereocenters. The van der Waals surface area contributed by atoms with Gasteiger partial charge in [0.25, 0.3) is 5.91 Å². The highest BCUT2D eigenvalue weighted by molar-refractivity contribution is 14.1. The number of amides is 1. The van der Waals surface area contributed by atoms with E-state index < -0.39 is 41.4 Å². The number of ether oxygens (including phenoxy) is 2. The predicted octanol–water partition coefficient (Wildman–Crippen LogP) is 1.73. The number of aliphatic hydroxyl groups excluding tert-OH is 1. The van der Waals surface area contributed by atoms with Crippen LogP contribution in [0.15, 0.2) is 24.3 Å². The minimum Gasteiger partial charge on any atom is -0.468 e. The smallest absolute Gasteiger partial charge is 0.316 e. The van der Waals surface area contributed by atoms with Gasteiger partial charge in [-0.1, -0.05) is 12.1 Å². The molecule has 0 aromatic heterocycles. The Kier molecular flexibility index (Phi) is 4.30. The summed E-state index contributed by atoms with van der Waals surface area (Å²) in [7, 11) is 1.27. The number of esters is 2. The van der Waals surface area contributed by atoms with Crippen LogP contribution in [0.25, 0.3) is 5.57 Å². The third kappa shape index (κ3) is 2.53. The molecule has 1 aromatic rings. The Morgan fingerprint density at radius 3 is 2.81 bits per heavy atom. The average molecular weight is 483 g/mol.